The molecule has 0 aliphatic carbocycles. The number of likely N-dealkylation sites (tertiary alicyclic amines) is 1. The van der Waals surface area contributed by atoms with Crippen LogP contribution in [-0.2, 0) is 11.2 Å². The second-order valence-electron chi connectivity index (χ2n) is 9.56. The van der Waals surface area contributed by atoms with Crippen molar-refractivity contribution in [1.82, 2.24) is 19.8 Å². The van der Waals surface area contributed by atoms with Crippen molar-refractivity contribution in [3.63, 3.8) is 0 Å². The molecular weight excluding hydrogens is 526 g/mol. The van der Waals surface area contributed by atoms with E-state index in [0.29, 0.717) is 36.6 Å². The van der Waals surface area contributed by atoms with Crippen LogP contribution >= 0.6 is 0 Å². The van der Waals surface area contributed by atoms with Crippen LogP contribution in [0.3, 0.4) is 0 Å². The normalized spacial score (nSPS) is 16.0. The lowest BCUT2D eigenvalue weighted by molar-refractivity contribution is -0.921. The average molecular weight is 555 g/mol. The minimum Gasteiger partial charge on any atom is -0.335 e. The summed E-state index contributed by atoms with van der Waals surface area (Å²) in [5, 5.41) is 2.08. The van der Waals surface area contributed by atoms with Crippen LogP contribution in [0.15, 0.2) is 23.0 Å². The number of hydrogen-bond acceptors (Lipinski definition) is 5. The van der Waals surface area contributed by atoms with Gasteiger partial charge in [0, 0.05) is 50.4 Å². The molecule has 0 unspecified atom stereocenters. The predicted octanol–water partition coefficient (Wildman–Crippen LogP) is 1.50. The Morgan fingerprint density at radius 2 is 1.54 bits per heavy atom. The molecule has 0 radical (unpaired) electrons. The Morgan fingerprint density at radius 3 is 2.15 bits per heavy atom. The number of urea groups is 1. The largest absolute Gasteiger partial charge is 0.498 e. The van der Waals surface area contributed by atoms with Crippen LogP contribution in [-0.4, -0.2) is 83.2 Å². The van der Waals surface area contributed by atoms with Gasteiger partial charge in [0.05, 0.1) is 12.0 Å². The van der Waals surface area contributed by atoms with Crippen molar-refractivity contribution in [2.24, 2.45) is 0 Å². The lowest BCUT2D eigenvalue weighted by Crippen LogP contribution is -2.58. The zero-order valence-corrected chi connectivity index (χ0v) is 21.4. The minimum absolute atomic E-state index is 0.00347. The number of carbonyl (C=O) groups excluding carboxylic acids is 3. The average Bonchev–Trinajstić information content (AvgIpc) is 3.44. The highest BCUT2D eigenvalue weighted by atomic mass is 19.4. The third-order valence-electron chi connectivity index (χ3n) is 7.04. The highest BCUT2D eigenvalue weighted by molar-refractivity contribution is 5.95. The molecule has 1 aromatic carbocycles. The Bertz CT molecular complexity index is 1350. The molecule has 1 aromatic heterocycles. The number of aromatic nitrogens is 2. The lowest BCUT2D eigenvalue weighted by atomic mass is 10.0. The molecule has 0 saturated carbocycles. The summed E-state index contributed by atoms with van der Waals surface area (Å²) >= 11 is 0. The molecule has 10 nitrogen and oxygen atoms in total. The first-order chi connectivity index (χ1) is 18.4. The first-order valence-corrected chi connectivity index (χ1v) is 12.4. The number of nitrogens with zero attached hydrogens (tertiary/aromatic N) is 4. The Balaban J connectivity index is 1.53. The molecule has 1 N–H and O–H groups in total. The second kappa shape index (κ2) is 11.0. The number of piperazine rings is 1. The first kappa shape index (κ1) is 28.0. The summed E-state index contributed by atoms with van der Waals surface area (Å²) in [6, 6.07) is 3.61. The van der Waals surface area contributed by atoms with Gasteiger partial charge in [-0.3, -0.25) is 9.59 Å². The van der Waals surface area contributed by atoms with Gasteiger partial charge in [-0.1, -0.05) is 11.2 Å². The Labute approximate surface area is 220 Å². The SMILES string of the molecule is Cc1c(C)c(=O)[nH][n+](OC(=O)C(F)(F)F)c1Cc1ccc(F)c(C(=O)N2CCN(C(=O)N3CCCC3)CC2)c1. The van der Waals surface area contributed by atoms with Crippen molar-refractivity contribution < 1.29 is 41.6 Å². The van der Waals surface area contributed by atoms with Crippen molar-refractivity contribution in [1.29, 1.82) is 0 Å². The smallest absolute Gasteiger partial charge is 0.335 e. The molecule has 39 heavy (non-hydrogen) atoms. The first-order valence-electron chi connectivity index (χ1n) is 12.4. The van der Waals surface area contributed by atoms with Crippen LogP contribution in [0.4, 0.5) is 22.4 Å². The molecule has 2 saturated heterocycles. The van der Waals surface area contributed by atoms with Gasteiger partial charge < -0.3 is 14.7 Å². The number of H-pyrrole nitrogens is 1. The fourth-order valence-electron chi connectivity index (χ4n) is 4.62. The van der Waals surface area contributed by atoms with Crippen LogP contribution in [0.2, 0.25) is 0 Å². The number of amides is 3. The Morgan fingerprint density at radius 1 is 0.949 bits per heavy atom. The van der Waals surface area contributed by atoms with Crippen LogP contribution in [0, 0.1) is 19.7 Å². The molecule has 4 rings (SSSR count). The Kier molecular flexibility index (Phi) is 7.93. The summed E-state index contributed by atoms with van der Waals surface area (Å²) < 4.78 is 53.1. The highest BCUT2D eigenvalue weighted by Crippen LogP contribution is 2.20. The molecule has 2 aliphatic heterocycles. The highest BCUT2D eigenvalue weighted by Gasteiger charge is 2.46. The van der Waals surface area contributed by atoms with Gasteiger partial charge in [-0.05, 0) is 44.4 Å². The number of alkyl halides is 3. The molecule has 210 valence electrons. The predicted molar refractivity (Wildman–Crippen MR) is 127 cm³/mol. The van der Waals surface area contributed by atoms with E-state index in [-0.39, 0.29) is 47.9 Å². The van der Waals surface area contributed by atoms with E-state index >= 15 is 0 Å². The van der Waals surface area contributed by atoms with E-state index in [1.165, 1.54) is 30.9 Å². The zero-order chi connectivity index (χ0) is 28.5. The van der Waals surface area contributed by atoms with E-state index in [9.17, 15) is 36.7 Å². The number of halogens is 4. The molecule has 0 spiro atoms. The third-order valence-corrected chi connectivity index (χ3v) is 7.04. The number of carbonyl (C=O) groups is 3. The second-order valence-corrected chi connectivity index (χ2v) is 9.56. The van der Waals surface area contributed by atoms with Crippen LogP contribution in [0.1, 0.15) is 45.6 Å². The van der Waals surface area contributed by atoms with Gasteiger partial charge in [0.25, 0.3) is 11.6 Å². The van der Waals surface area contributed by atoms with Gasteiger partial charge in [-0.15, -0.1) is 0 Å². The van der Waals surface area contributed by atoms with Crippen LogP contribution < -0.4 is 15.2 Å². The number of aromatic amines is 1. The van der Waals surface area contributed by atoms with Crippen molar-refractivity contribution in [3.8, 4) is 0 Å². The van der Waals surface area contributed by atoms with Gasteiger partial charge in [-0.25, -0.2) is 14.0 Å². The lowest BCUT2D eigenvalue weighted by Gasteiger charge is -2.36. The molecule has 0 atom stereocenters. The molecule has 2 aromatic rings. The molecule has 3 heterocycles. The summed E-state index contributed by atoms with van der Waals surface area (Å²) in [6.07, 6.45) is -3.57. The summed E-state index contributed by atoms with van der Waals surface area (Å²) in [4.78, 5) is 59.0. The van der Waals surface area contributed by atoms with Crippen molar-refractivity contribution >= 4 is 17.9 Å². The molecule has 0 bridgehead atoms. The Hall–Kier alpha value is -3.97. The van der Waals surface area contributed by atoms with Crippen LogP contribution in [0.25, 0.3) is 0 Å². The van der Waals surface area contributed by atoms with Gasteiger partial charge in [0.2, 0.25) is 0 Å². The van der Waals surface area contributed by atoms with E-state index in [0.717, 1.165) is 18.9 Å². The molecule has 3 amide bonds. The number of rotatable bonds is 4. The molecule has 14 heteroatoms. The zero-order valence-electron chi connectivity index (χ0n) is 21.4. The fraction of sp³-hybridized carbons (Fsp3) is 0.480. The van der Waals surface area contributed by atoms with Gasteiger partial charge >= 0.3 is 23.7 Å². The number of hydrogen-bond donors (Lipinski definition) is 1. The van der Waals surface area contributed by atoms with E-state index in [1.54, 1.807) is 9.80 Å². The number of nitrogens with one attached hydrogen (secondary N) is 1. The van der Waals surface area contributed by atoms with E-state index in [1.807, 2.05) is 0 Å². The molecule has 2 fully saturated rings. The minimum atomic E-state index is -5.31. The van der Waals surface area contributed by atoms with E-state index in [4.69, 9.17) is 0 Å². The maximum Gasteiger partial charge on any atom is 0.498 e. The fourth-order valence-corrected chi connectivity index (χ4v) is 4.62. The molecule has 2 aliphatic rings. The maximum absolute atomic E-state index is 14.7. The van der Waals surface area contributed by atoms with Gasteiger partial charge in [-0.2, -0.15) is 18.0 Å². The third kappa shape index (κ3) is 6.04. The molecular formula is C25H28F4N5O5+. The van der Waals surface area contributed by atoms with Crippen molar-refractivity contribution in [3.05, 3.63) is 62.3 Å². The monoisotopic (exact) mass is 554 g/mol. The summed E-state index contributed by atoms with van der Waals surface area (Å²) in [6.45, 7) is 5.38. The van der Waals surface area contributed by atoms with Gasteiger partial charge in [0.15, 0.2) is 0 Å². The van der Waals surface area contributed by atoms with Crippen molar-refractivity contribution in [2.75, 3.05) is 39.3 Å². The van der Waals surface area contributed by atoms with Crippen LogP contribution in [0.5, 0.6) is 0 Å². The number of benzene rings is 1. The summed E-state index contributed by atoms with van der Waals surface area (Å²) in [5.41, 5.74) is -0.237. The van der Waals surface area contributed by atoms with Gasteiger partial charge in [0.1, 0.15) is 10.7 Å². The van der Waals surface area contributed by atoms with E-state index < -0.39 is 29.4 Å². The summed E-state index contributed by atoms with van der Waals surface area (Å²) in [5.74, 6) is -3.91. The topological polar surface area (TPSA) is 107 Å². The van der Waals surface area contributed by atoms with Crippen molar-refractivity contribution in [2.45, 2.75) is 39.3 Å². The maximum atomic E-state index is 14.7. The quantitative estimate of drug-likeness (QED) is 0.456. The van der Waals surface area contributed by atoms with E-state index in [2.05, 4.69) is 9.94 Å². The standard InChI is InChI=1S/C25H27F4N5O5/c1-15-16(2)21(35)30-34(39-23(37)25(27,28)29)20(15)14-17-5-6-19(26)18(13-17)22(36)31-9-11-33(12-10-31)24(38)32-7-3-4-8-32/h5-6,13H,3-4,7-12,14H2,1-2H3/p+1. The summed E-state index contributed by atoms with van der Waals surface area (Å²) in [7, 11) is 0.